The number of hydrogen-bond donors (Lipinski definition) is 2. The molecule has 0 saturated carbocycles. The molecule has 3 rings (SSSR count). The van der Waals surface area contributed by atoms with Crippen molar-refractivity contribution in [2.45, 2.75) is 19.0 Å². The summed E-state index contributed by atoms with van der Waals surface area (Å²) in [7, 11) is 0. The number of hydrogen-bond acceptors (Lipinski definition) is 5. The fourth-order valence-corrected chi connectivity index (χ4v) is 3.31. The highest BCUT2D eigenvalue weighted by molar-refractivity contribution is 7.99. The maximum Gasteiger partial charge on any atom is 0.234 e. The SMILES string of the molecule is CCNc1nc(SCC(=O)Nc2cccc(Cl)c2C)nc2ccccc12. The second-order valence-corrected chi connectivity index (χ2v) is 7.00. The van der Waals surface area contributed by atoms with Crippen molar-refractivity contribution in [3.63, 3.8) is 0 Å². The number of benzene rings is 2. The molecule has 134 valence electrons. The standard InChI is InChI=1S/C19H19ClN4OS/c1-3-21-18-13-7-4-5-9-16(13)23-19(24-18)26-11-17(25)22-15-10-6-8-14(20)12(15)2/h4-10H,3,11H2,1-2H3,(H,22,25)(H,21,23,24). The number of halogens is 1. The number of fused-ring (bicyclic) bond motifs is 1. The maximum absolute atomic E-state index is 12.3. The van der Waals surface area contributed by atoms with E-state index in [-0.39, 0.29) is 11.7 Å². The van der Waals surface area contributed by atoms with Crippen LogP contribution in [0.3, 0.4) is 0 Å². The Bertz CT molecular complexity index is 948. The summed E-state index contributed by atoms with van der Waals surface area (Å²) in [4.78, 5) is 21.4. The molecule has 1 heterocycles. The number of para-hydroxylation sites is 1. The maximum atomic E-state index is 12.3. The van der Waals surface area contributed by atoms with E-state index in [1.807, 2.05) is 50.2 Å². The summed E-state index contributed by atoms with van der Waals surface area (Å²) in [5.74, 6) is 0.879. The van der Waals surface area contributed by atoms with E-state index in [0.717, 1.165) is 34.5 Å². The van der Waals surface area contributed by atoms with Crippen molar-refractivity contribution in [2.24, 2.45) is 0 Å². The largest absolute Gasteiger partial charge is 0.370 e. The molecule has 1 amide bonds. The lowest BCUT2D eigenvalue weighted by atomic mass is 10.2. The van der Waals surface area contributed by atoms with E-state index in [9.17, 15) is 4.79 Å². The van der Waals surface area contributed by atoms with Crippen LogP contribution in [0.4, 0.5) is 11.5 Å². The van der Waals surface area contributed by atoms with E-state index in [4.69, 9.17) is 11.6 Å². The molecule has 0 radical (unpaired) electrons. The smallest absolute Gasteiger partial charge is 0.234 e. The number of amides is 1. The highest BCUT2D eigenvalue weighted by atomic mass is 35.5. The van der Waals surface area contributed by atoms with Gasteiger partial charge in [0.05, 0.1) is 11.3 Å². The van der Waals surface area contributed by atoms with E-state index in [2.05, 4.69) is 20.6 Å². The number of nitrogens with one attached hydrogen (secondary N) is 2. The van der Waals surface area contributed by atoms with E-state index in [1.165, 1.54) is 11.8 Å². The van der Waals surface area contributed by atoms with Gasteiger partial charge in [-0.3, -0.25) is 4.79 Å². The Kier molecular flexibility index (Phi) is 5.96. The summed E-state index contributed by atoms with van der Waals surface area (Å²) in [5, 5.41) is 8.30. The van der Waals surface area contributed by atoms with Crippen molar-refractivity contribution in [3.05, 3.63) is 53.1 Å². The van der Waals surface area contributed by atoms with Gasteiger partial charge in [-0.25, -0.2) is 9.97 Å². The molecule has 26 heavy (non-hydrogen) atoms. The summed E-state index contributed by atoms with van der Waals surface area (Å²) < 4.78 is 0. The van der Waals surface area contributed by atoms with Crippen LogP contribution in [0.25, 0.3) is 10.9 Å². The second-order valence-electron chi connectivity index (χ2n) is 5.65. The first-order valence-corrected chi connectivity index (χ1v) is 9.63. The fourth-order valence-electron chi connectivity index (χ4n) is 2.48. The minimum atomic E-state index is -0.123. The average molecular weight is 387 g/mol. The van der Waals surface area contributed by atoms with Crippen LogP contribution in [0.15, 0.2) is 47.6 Å². The van der Waals surface area contributed by atoms with Gasteiger partial charge in [-0.2, -0.15) is 0 Å². The molecule has 0 unspecified atom stereocenters. The highest BCUT2D eigenvalue weighted by Gasteiger charge is 2.11. The molecular formula is C19H19ClN4OS. The lowest BCUT2D eigenvalue weighted by Gasteiger charge is -2.10. The average Bonchev–Trinajstić information content (AvgIpc) is 2.64. The van der Waals surface area contributed by atoms with Crippen LogP contribution in [-0.4, -0.2) is 28.2 Å². The molecule has 0 saturated heterocycles. The lowest BCUT2D eigenvalue weighted by Crippen LogP contribution is -2.15. The van der Waals surface area contributed by atoms with Gasteiger partial charge in [0.2, 0.25) is 5.91 Å². The van der Waals surface area contributed by atoms with Crippen molar-refractivity contribution in [1.29, 1.82) is 0 Å². The zero-order valence-corrected chi connectivity index (χ0v) is 16.1. The van der Waals surface area contributed by atoms with E-state index >= 15 is 0 Å². The van der Waals surface area contributed by atoms with Gasteiger partial charge in [0.1, 0.15) is 5.82 Å². The molecule has 0 fully saturated rings. The number of anilines is 2. The molecule has 0 bridgehead atoms. The molecule has 2 N–H and O–H groups in total. The number of carbonyl (C=O) groups excluding carboxylic acids is 1. The third-order valence-electron chi connectivity index (χ3n) is 3.80. The van der Waals surface area contributed by atoms with Gasteiger partial charge in [0, 0.05) is 22.6 Å². The molecule has 0 aliphatic rings. The van der Waals surface area contributed by atoms with Crippen LogP contribution in [0.5, 0.6) is 0 Å². The number of aromatic nitrogens is 2. The van der Waals surface area contributed by atoms with E-state index in [1.54, 1.807) is 6.07 Å². The Balaban J connectivity index is 1.73. The third kappa shape index (κ3) is 4.26. The van der Waals surface area contributed by atoms with Gasteiger partial charge in [0.15, 0.2) is 5.16 Å². The lowest BCUT2D eigenvalue weighted by molar-refractivity contribution is -0.113. The summed E-state index contributed by atoms with van der Waals surface area (Å²) >= 11 is 7.39. The van der Waals surface area contributed by atoms with Gasteiger partial charge in [0.25, 0.3) is 0 Å². The monoisotopic (exact) mass is 386 g/mol. The van der Waals surface area contributed by atoms with Crippen LogP contribution in [-0.2, 0) is 4.79 Å². The van der Waals surface area contributed by atoms with Crippen LogP contribution in [0.1, 0.15) is 12.5 Å². The summed E-state index contributed by atoms with van der Waals surface area (Å²) in [5.41, 5.74) is 2.42. The minimum absolute atomic E-state index is 0.123. The number of thioether (sulfide) groups is 1. The first-order chi connectivity index (χ1) is 12.6. The fraction of sp³-hybridized carbons (Fsp3) is 0.211. The summed E-state index contributed by atoms with van der Waals surface area (Å²) in [6, 6.07) is 13.3. The van der Waals surface area contributed by atoms with Gasteiger partial charge >= 0.3 is 0 Å². The molecule has 0 aliphatic heterocycles. The van der Waals surface area contributed by atoms with Crippen LogP contribution in [0.2, 0.25) is 5.02 Å². The molecule has 0 spiro atoms. The summed E-state index contributed by atoms with van der Waals surface area (Å²) in [6.07, 6.45) is 0. The molecule has 3 aromatic rings. The molecule has 5 nitrogen and oxygen atoms in total. The van der Waals surface area contributed by atoms with Crippen LogP contribution >= 0.6 is 23.4 Å². The van der Waals surface area contributed by atoms with Gasteiger partial charge in [-0.1, -0.05) is 41.6 Å². The highest BCUT2D eigenvalue weighted by Crippen LogP contribution is 2.25. The molecule has 7 heteroatoms. The van der Waals surface area contributed by atoms with Crippen molar-refractivity contribution in [1.82, 2.24) is 9.97 Å². The van der Waals surface area contributed by atoms with Crippen LogP contribution in [0, 0.1) is 6.92 Å². The minimum Gasteiger partial charge on any atom is -0.370 e. The number of rotatable bonds is 6. The number of carbonyl (C=O) groups is 1. The zero-order valence-electron chi connectivity index (χ0n) is 14.5. The Hall–Kier alpha value is -2.31. The van der Waals surface area contributed by atoms with Gasteiger partial charge < -0.3 is 10.6 Å². The van der Waals surface area contributed by atoms with Crippen molar-refractivity contribution < 1.29 is 4.79 Å². The second kappa shape index (κ2) is 8.38. The molecular weight excluding hydrogens is 368 g/mol. The quantitative estimate of drug-likeness (QED) is 0.472. The summed E-state index contributed by atoms with van der Waals surface area (Å²) in [6.45, 7) is 4.66. The number of nitrogens with zero attached hydrogens (tertiary/aromatic N) is 2. The van der Waals surface area contributed by atoms with Crippen molar-refractivity contribution in [2.75, 3.05) is 22.9 Å². The van der Waals surface area contributed by atoms with Crippen molar-refractivity contribution >= 4 is 51.7 Å². The zero-order chi connectivity index (χ0) is 18.5. The van der Waals surface area contributed by atoms with Gasteiger partial charge in [-0.05, 0) is 43.7 Å². The Labute approximate surface area is 161 Å². The van der Waals surface area contributed by atoms with Gasteiger partial charge in [-0.15, -0.1) is 0 Å². The predicted molar refractivity (Wildman–Crippen MR) is 109 cm³/mol. The predicted octanol–water partition coefficient (Wildman–Crippen LogP) is 4.75. The Morgan fingerprint density at radius 3 is 2.77 bits per heavy atom. The Morgan fingerprint density at radius 2 is 1.96 bits per heavy atom. The first kappa shape index (κ1) is 18.5. The first-order valence-electron chi connectivity index (χ1n) is 8.27. The normalized spacial score (nSPS) is 10.7. The molecule has 2 aromatic carbocycles. The third-order valence-corrected chi connectivity index (χ3v) is 5.06. The topological polar surface area (TPSA) is 66.9 Å². The van der Waals surface area contributed by atoms with E-state index in [0.29, 0.717) is 10.2 Å². The Morgan fingerprint density at radius 1 is 1.15 bits per heavy atom. The van der Waals surface area contributed by atoms with Crippen LogP contribution < -0.4 is 10.6 Å². The molecule has 0 atom stereocenters. The molecule has 1 aromatic heterocycles. The molecule has 0 aliphatic carbocycles. The van der Waals surface area contributed by atoms with E-state index < -0.39 is 0 Å². The van der Waals surface area contributed by atoms with Crippen molar-refractivity contribution in [3.8, 4) is 0 Å².